The Morgan fingerprint density at radius 1 is 1.43 bits per heavy atom. The van der Waals surface area contributed by atoms with Gasteiger partial charge in [-0.05, 0) is 0 Å². The molecule has 75 valence electrons. The van der Waals surface area contributed by atoms with Crippen LogP contribution < -0.4 is 3.71 Å². The second-order valence-corrected chi connectivity index (χ2v) is 6.42. The third-order valence-electron chi connectivity index (χ3n) is 1.60. The standard InChI is InChI=1S/C8H11N2O2S.Sn/c1-3-4-7-5-6-9-8(10-7)13(2,11)12;/h5H,3-4H2,1-2H3;. The molecule has 0 unspecified atom stereocenters. The average molecular weight is 318 g/mol. The fraction of sp³-hybridized carbons (Fsp3) is 0.500. The third-order valence-corrected chi connectivity index (χ3v) is 3.17. The molecule has 1 aromatic rings. The van der Waals surface area contributed by atoms with Gasteiger partial charge in [0.05, 0.1) is 0 Å². The van der Waals surface area contributed by atoms with Crippen molar-refractivity contribution in [3.8, 4) is 0 Å². The Labute approximate surface area is 97.2 Å². The van der Waals surface area contributed by atoms with Gasteiger partial charge in [0.1, 0.15) is 0 Å². The average Bonchev–Trinajstić information content (AvgIpc) is 2.02. The molecule has 0 aliphatic heterocycles. The Hall–Kier alpha value is -0.171. The van der Waals surface area contributed by atoms with E-state index in [2.05, 4.69) is 9.97 Å². The maximum absolute atomic E-state index is 11.2. The fourth-order valence-corrected chi connectivity index (χ4v) is 2.58. The first-order valence-electron chi connectivity index (χ1n) is 4.23. The van der Waals surface area contributed by atoms with Crippen LogP contribution in [0.3, 0.4) is 0 Å². The van der Waals surface area contributed by atoms with Crippen molar-refractivity contribution in [3.63, 3.8) is 0 Å². The molecule has 1 heterocycles. The second-order valence-electron chi connectivity index (χ2n) is 3.05. The molecule has 1 rings (SSSR count). The van der Waals surface area contributed by atoms with Crippen molar-refractivity contribution in [2.45, 2.75) is 24.9 Å². The zero-order chi connectivity index (χ0) is 10.8. The maximum atomic E-state index is 11.2. The van der Waals surface area contributed by atoms with Crippen molar-refractivity contribution in [1.29, 1.82) is 0 Å². The molecule has 0 aliphatic carbocycles. The van der Waals surface area contributed by atoms with Crippen LogP contribution in [0.1, 0.15) is 19.0 Å². The summed E-state index contributed by atoms with van der Waals surface area (Å²) in [5, 5.41) is -0.0461. The predicted molar refractivity (Wildman–Crippen MR) is 54.5 cm³/mol. The van der Waals surface area contributed by atoms with Crippen molar-refractivity contribution in [2.24, 2.45) is 0 Å². The fourth-order valence-electron chi connectivity index (χ4n) is 1.02. The molecular formula is C8H11N2O2SSn. The molecule has 0 aliphatic rings. The molecule has 0 atom stereocenters. The molecule has 0 amide bonds. The van der Waals surface area contributed by atoms with E-state index in [9.17, 15) is 8.42 Å². The quantitative estimate of drug-likeness (QED) is 0.563. The Bertz CT molecular complexity index is 431. The predicted octanol–water partition coefficient (Wildman–Crippen LogP) is -0.374. The van der Waals surface area contributed by atoms with Crippen molar-refractivity contribution in [1.82, 2.24) is 9.97 Å². The zero-order valence-electron chi connectivity index (χ0n) is 8.11. The summed E-state index contributed by atoms with van der Waals surface area (Å²) in [6.45, 7) is 2.03. The van der Waals surface area contributed by atoms with Crippen LogP contribution in [0.4, 0.5) is 0 Å². The topological polar surface area (TPSA) is 59.9 Å². The molecule has 0 saturated heterocycles. The van der Waals surface area contributed by atoms with Crippen molar-refractivity contribution < 1.29 is 8.42 Å². The number of hydrogen-bond acceptors (Lipinski definition) is 4. The number of nitrogens with zero attached hydrogens (tertiary/aromatic N) is 2. The minimum atomic E-state index is -3.27. The van der Waals surface area contributed by atoms with Crippen LogP contribution in [0.2, 0.25) is 0 Å². The first-order valence-corrected chi connectivity index (χ1v) is 7.55. The Balaban J connectivity index is 3.21. The molecule has 0 spiro atoms. The van der Waals surface area contributed by atoms with Crippen molar-refractivity contribution in [2.75, 3.05) is 6.26 Å². The monoisotopic (exact) mass is 319 g/mol. The van der Waals surface area contributed by atoms with E-state index in [4.69, 9.17) is 0 Å². The van der Waals surface area contributed by atoms with E-state index in [1.807, 2.05) is 13.0 Å². The van der Waals surface area contributed by atoms with Gasteiger partial charge in [-0.3, -0.25) is 0 Å². The number of rotatable bonds is 3. The van der Waals surface area contributed by atoms with E-state index in [-0.39, 0.29) is 5.16 Å². The van der Waals surface area contributed by atoms with Crippen LogP contribution in [-0.2, 0) is 16.3 Å². The van der Waals surface area contributed by atoms with Gasteiger partial charge in [0.25, 0.3) is 0 Å². The van der Waals surface area contributed by atoms with Crippen molar-refractivity contribution in [3.05, 3.63) is 11.8 Å². The number of hydrogen-bond donors (Lipinski definition) is 0. The number of sulfone groups is 1. The molecule has 0 aromatic carbocycles. The minimum absolute atomic E-state index is 0.0461. The van der Waals surface area contributed by atoms with Gasteiger partial charge in [-0.25, -0.2) is 0 Å². The second kappa shape index (κ2) is 4.57. The van der Waals surface area contributed by atoms with Crippen LogP contribution in [-0.4, -0.2) is 47.2 Å². The van der Waals surface area contributed by atoms with Gasteiger partial charge in [-0.2, -0.15) is 0 Å². The number of aromatic nitrogens is 2. The van der Waals surface area contributed by atoms with Gasteiger partial charge in [0.15, 0.2) is 0 Å². The summed E-state index contributed by atoms with van der Waals surface area (Å²) in [6.07, 6.45) is 2.88. The molecule has 0 fully saturated rings. The summed E-state index contributed by atoms with van der Waals surface area (Å²) in [6, 6.07) is 1.86. The molecular weight excluding hydrogens is 307 g/mol. The molecule has 6 heteroatoms. The van der Waals surface area contributed by atoms with Crippen LogP contribution >= 0.6 is 0 Å². The van der Waals surface area contributed by atoms with E-state index < -0.39 is 9.84 Å². The summed E-state index contributed by atoms with van der Waals surface area (Å²) < 4.78 is 23.2. The van der Waals surface area contributed by atoms with Gasteiger partial charge in [-0.1, -0.05) is 0 Å². The SMILES string of the molecule is CCCc1c[c]([Sn])nc(S(C)(=O)=O)n1. The van der Waals surface area contributed by atoms with E-state index >= 15 is 0 Å². The summed E-state index contributed by atoms with van der Waals surface area (Å²) in [4.78, 5) is 7.94. The summed E-state index contributed by atoms with van der Waals surface area (Å²) in [5.74, 6) is 0. The van der Waals surface area contributed by atoms with Gasteiger partial charge >= 0.3 is 97.4 Å². The van der Waals surface area contributed by atoms with Gasteiger partial charge in [-0.15, -0.1) is 0 Å². The van der Waals surface area contributed by atoms with Gasteiger partial charge in [0, 0.05) is 0 Å². The van der Waals surface area contributed by atoms with Crippen LogP contribution in [0.25, 0.3) is 0 Å². The summed E-state index contributed by atoms with van der Waals surface area (Å²) in [7, 11) is -3.27. The van der Waals surface area contributed by atoms with E-state index in [0.29, 0.717) is 0 Å². The van der Waals surface area contributed by atoms with Crippen LogP contribution in [0.5, 0.6) is 0 Å². The summed E-state index contributed by atoms with van der Waals surface area (Å²) >= 11 is 1.11. The molecule has 3 radical (unpaired) electrons. The van der Waals surface area contributed by atoms with Gasteiger partial charge < -0.3 is 0 Å². The normalized spacial score (nSPS) is 11.6. The van der Waals surface area contributed by atoms with Gasteiger partial charge in [0.2, 0.25) is 0 Å². The van der Waals surface area contributed by atoms with Crippen LogP contribution in [0.15, 0.2) is 11.2 Å². The van der Waals surface area contributed by atoms with Crippen molar-refractivity contribution >= 4 is 36.1 Å². The first kappa shape index (κ1) is 11.9. The first-order chi connectivity index (χ1) is 6.43. The van der Waals surface area contributed by atoms with E-state index in [1.54, 1.807) is 0 Å². The number of aryl methyl sites for hydroxylation is 1. The molecule has 4 nitrogen and oxygen atoms in total. The molecule has 0 bridgehead atoms. The zero-order valence-corrected chi connectivity index (χ0v) is 11.8. The molecule has 0 saturated carbocycles. The Morgan fingerprint density at radius 3 is 2.57 bits per heavy atom. The Morgan fingerprint density at radius 2 is 2.07 bits per heavy atom. The third kappa shape index (κ3) is 3.20. The summed E-state index contributed by atoms with van der Waals surface area (Å²) in [5.41, 5.74) is 0.815. The molecule has 1 aromatic heterocycles. The van der Waals surface area contributed by atoms with E-state index in [0.717, 1.165) is 51.0 Å². The van der Waals surface area contributed by atoms with E-state index in [1.165, 1.54) is 0 Å². The Kier molecular flexibility index (Phi) is 3.88. The van der Waals surface area contributed by atoms with Crippen LogP contribution in [0, 0.1) is 0 Å². The molecule has 14 heavy (non-hydrogen) atoms. The molecule has 0 N–H and O–H groups in total.